The maximum atomic E-state index is 13.0. The minimum atomic E-state index is -0.437. The molecule has 0 saturated heterocycles. The molecule has 11 heteroatoms. The van der Waals surface area contributed by atoms with E-state index in [0.717, 1.165) is 33.4 Å². The SMILES string of the molecule is CC(=O)Nc1ccc(/C=C/C(=O)NCC(=O)N(C)c2ccc(Cl)c(COc3cccc4c(N(C)C)cc(C)nc34)c2Cl)cc1C. The van der Waals surface area contributed by atoms with Crippen molar-refractivity contribution in [3.8, 4) is 5.75 Å². The molecular weight excluding hydrogens is 613 g/mol. The first-order valence-corrected chi connectivity index (χ1v) is 14.9. The highest BCUT2D eigenvalue weighted by Crippen LogP contribution is 2.36. The zero-order valence-electron chi connectivity index (χ0n) is 26.0. The first-order chi connectivity index (χ1) is 21.3. The number of fused-ring (bicyclic) bond motifs is 1. The molecule has 1 aromatic heterocycles. The fraction of sp³-hybridized carbons (Fsp3) is 0.235. The van der Waals surface area contributed by atoms with Gasteiger partial charge in [-0.1, -0.05) is 41.4 Å². The molecular formula is C34H35Cl2N5O4. The lowest BCUT2D eigenvalue weighted by Gasteiger charge is -2.21. The van der Waals surface area contributed by atoms with Crippen molar-refractivity contribution >= 4 is 75.0 Å². The number of carbonyl (C=O) groups is 3. The van der Waals surface area contributed by atoms with Crippen molar-refractivity contribution in [2.75, 3.05) is 42.8 Å². The largest absolute Gasteiger partial charge is 0.487 e. The summed E-state index contributed by atoms with van der Waals surface area (Å²) in [7, 11) is 5.53. The quantitative estimate of drug-likeness (QED) is 0.189. The summed E-state index contributed by atoms with van der Waals surface area (Å²) in [6.07, 6.45) is 2.97. The van der Waals surface area contributed by atoms with Gasteiger partial charge in [-0.15, -0.1) is 0 Å². The topological polar surface area (TPSA) is 104 Å². The molecule has 0 atom stereocenters. The Labute approximate surface area is 272 Å². The number of pyridine rings is 1. The van der Waals surface area contributed by atoms with E-state index in [9.17, 15) is 14.4 Å². The molecule has 0 aliphatic rings. The minimum Gasteiger partial charge on any atom is -0.487 e. The molecule has 45 heavy (non-hydrogen) atoms. The summed E-state index contributed by atoms with van der Waals surface area (Å²) in [4.78, 5) is 44.8. The number of ether oxygens (including phenoxy) is 1. The summed E-state index contributed by atoms with van der Waals surface area (Å²) in [6, 6.07) is 16.5. The number of aryl methyl sites for hydroxylation is 2. The van der Waals surface area contributed by atoms with Gasteiger partial charge in [-0.3, -0.25) is 14.4 Å². The van der Waals surface area contributed by atoms with Crippen LogP contribution in [0.25, 0.3) is 17.0 Å². The summed E-state index contributed by atoms with van der Waals surface area (Å²) < 4.78 is 6.19. The van der Waals surface area contributed by atoms with E-state index in [0.29, 0.717) is 27.7 Å². The van der Waals surface area contributed by atoms with Gasteiger partial charge >= 0.3 is 0 Å². The molecule has 0 aliphatic carbocycles. The van der Waals surface area contributed by atoms with Crippen LogP contribution in [-0.2, 0) is 21.0 Å². The number of amides is 3. The zero-order valence-corrected chi connectivity index (χ0v) is 27.5. The van der Waals surface area contributed by atoms with Gasteiger partial charge in [0.1, 0.15) is 17.9 Å². The number of aromatic nitrogens is 1. The van der Waals surface area contributed by atoms with Crippen molar-refractivity contribution in [1.29, 1.82) is 0 Å². The summed E-state index contributed by atoms with van der Waals surface area (Å²) in [5.74, 6) is -0.399. The number of halogens is 2. The van der Waals surface area contributed by atoms with E-state index in [1.54, 1.807) is 37.4 Å². The maximum absolute atomic E-state index is 13.0. The number of benzene rings is 3. The van der Waals surface area contributed by atoms with Crippen LogP contribution >= 0.6 is 23.2 Å². The minimum absolute atomic E-state index is 0.0480. The van der Waals surface area contributed by atoms with Crippen LogP contribution in [0.1, 0.15) is 29.3 Å². The van der Waals surface area contributed by atoms with Gasteiger partial charge in [0.2, 0.25) is 17.7 Å². The summed E-state index contributed by atoms with van der Waals surface area (Å²) in [5, 5.41) is 6.96. The Morgan fingerprint density at radius 3 is 2.42 bits per heavy atom. The lowest BCUT2D eigenvalue weighted by Crippen LogP contribution is -2.37. The van der Waals surface area contributed by atoms with Gasteiger partial charge in [0.05, 0.1) is 17.3 Å². The first kappa shape index (κ1) is 33.3. The second-order valence-electron chi connectivity index (χ2n) is 10.7. The van der Waals surface area contributed by atoms with Gasteiger partial charge in [-0.25, -0.2) is 4.98 Å². The zero-order chi connectivity index (χ0) is 32.8. The number of nitrogens with one attached hydrogen (secondary N) is 2. The molecule has 3 amide bonds. The van der Waals surface area contributed by atoms with Crippen molar-refractivity contribution < 1.29 is 19.1 Å². The molecule has 1 heterocycles. The van der Waals surface area contributed by atoms with Crippen LogP contribution in [0.3, 0.4) is 0 Å². The predicted octanol–water partition coefficient (Wildman–Crippen LogP) is 6.55. The lowest BCUT2D eigenvalue weighted by molar-refractivity contribution is -0.122. The number of hydrogen-bond donors (Lipinski definition) is 2. The molecule has 0 aliphatic heterocycles. The van der Waals surface area contributed by atoms with Gasteiger partial charge in [-0.2, -0.15) is 0 Å². The predicted molar refractivity (Wildman–Crippen MR) is 183 cm³/mol. The van der Waals surface area contributed by atoms with E-state index in [-0.39, 0.29) is 30.0 Å². The number of nitrogens with zero attached hydrogens (tertiary/aromatic N) is 3. The van der Waals surface area contributed by atoms with E-state index in [1.807, 2.05) is 63.2 Å². The monoisotopic (exact) mass is 647 g/mol. The molecule has 4 rings (SSSR count). The molecule has 0 bridgehead atoms. The van der Waals surface area contributed by atoms with E-state index in [1.165, 1.54) is 17.9 Å². The van der Waals surface area contributed by atoms with E-state index in [2.05, 4.69) is 10.6 Å². The van der Waals surface area contributed by atoms with Gasteiger partial charge in [0.25, 0.3) is 0 Å². The van der Waals surface area contributed by atoms with Crippen molar-refractivity contribution in [2.24, 2.45) is 0 Å². The van der Waals surface area contributed by atoms with Crippen LogP contribution in [0.5, 0.6) is 5.75 Å². The molecule has 4 aromatic rings. The highest BCUT2D eigenvalue weighted by atomic mass is 35.5. The molecule has 0 radical (unpaired) electrons. The number of carbonyl (C=O) groups excluding carboxylic acids is 3. The highest BCUT2D eigenvalue weighted by Gasteiger charge is 2.20. The second-order valence-corrected chi connectivity index (χ2v) is 11.5. The van der Waals surface area contributed by atoms with E-state index >= 15 is 0 Å². The smallest absolute Gasteiger partial charge is 0.246 e. The fourth-order valence-electron chi connectivity index (χ4n) is 4.71. The van der Waals surface area contributed by atoms with Crippen LogP contribution in [0.2, 0.25) is 10.0 Å². The molecule has 3 aromatic carbocycles. The van der Waals surface area contributed by atoms with Crippen molar-refractivity contribution in [3.63, 3.8) is 0 Å². The van der Waals surface area contributed by atoms with Crippen LogP contribution in [0.15, 0.2) is 60.7 Å². The van der Waals surface area contributed by atoms with Crippen molar-refractivity contribution in [3.05, 3.63) is 93.1 Å². The van der Waals surface area contributed by atoms with Gasteiger partial charge in [0, 0.05) is 67.2 Å². The average Bonchev–Trinajstić information content (AvgIpc) is 2.99. The number of likely N-dealkylation sites (N-methyl/N-ethyl adjacent to an activating group) is 1. The Kier molecular flexibility index (Phi) is 10.7. The Morgan fingerprint density at radius 1 is 0.978 bits per heavy atom. The fourth-order valence-corrected chi connectivity index (χ4v) is 5.32. The Balaban J connectivity index is 1.42. The van der Waals surface area contributed by atoms with Gasteiger partial charge in [0.15, 0.2) is 0 Å². The Morgan fingerprint density at radius 2 is 1.73 bits per heavy atom. The Bertz CT molecular complexity index is 1810. The number of rotatable bonds is 10. The third kappa shape index (κ3) is 8.12. The van der Waals surface area contributed by atoms with Crippen LogP contribution in [-0.4, -0.2) is 50.4 Å². The van der Waals surface area contributed by atoms with Gasteiger partial charge in [-0.05, 0) is 67.4 Å². The second kappa shape index (κ2) is 14.5. The third-order valence-corrected chi connectivity index (χ3v) is 7.84. The molecule has 9 nitrogen and oxygen atoms in total. The summed E-state index contributed by atoms with van der Waals surface area (Å²) in [6.45, 7) is 5.03. The van der Waals surface area contributed by atoms with Gasteiger partial charge < -0.3 is 25.2 Å². The van der Waals surface area contributed by atoms with E-state index < -0.39 is 5.91 Å². The van der Waals surface area contributed by atoms with Crippen LogP contribution in [0.4, 0.5) is 17.1 Å². The third-order valence-electron chi connectivity index (χ3n) is 7.07. The molecule has 0 spiro atoms. The lowest BCUT2D eigenvalue weighted by atomic mass is 10.1. The first-order valence-electron chi connectivity index (χ1n) is 14.1. The molecule has 0 unspecified atom stereocenters. The molecule has 2 N–H and O–H groups in total. The van der Waals surface area contributed by atoms with Crippen LogP contribution in [0, 0.1) is 13.8 Å². The average molecular weight is 649 g/mol. The van der Waals surface area contributed by atoms with Crippen LogP contribution < -0.4 is 25.2 Å². The highest BCUT2D eigenvalue weighted by molar-refractivity contribution is 6.38. The Hall–Kier alpha value is -4.60. The molecule has 0 saturated carbocycles. The van der Waals surface area contributed by atoms with Crippen molar-refractivity contribution in [1.82, 2.24) is 10.3 Å². The number of hydrogen-bond acceptors (Lipinski definition) is 6. The molecule has 234 valence electrons. The molecule has 0 fully saturated rings. The standard InChI is InChI=1S/C34H35Cl2N5O4/c1-20-16-23(10-13-27(20)39-22(3)42)11-15-31(43)37-18-32(44)41(6)28-14-12-26(35)25(33(28)36)19-45-30-9-7-8-24-29(40(4)5)17-21(2)38-34(24)30/h7-17H,18-19H2,1-6H3,(H,37,43)(H,39,42)/b15-11+. The summed E-state index contributed by atoms with van der Waals surface area (Å²) in [5.41, 5.74) is 5.87. The maximum Gasteiger partial charge on any atom is 0.246 e. The number of anilines is 3. The summed E-state index contributed by atoms with van der Waals surface area (Å²) >= 11 is 13.3. The normalized spacial score (nSPS) is 11.0. The number of para-hydroxylation sites is 1. The van der Waals surface area contributed by atoms with Crippen molar-refractivity contribution in [2.45, 2.75) is 27.4 Å². The van der Waals surface area contributed by atoms with E-state index in [4.69, 9.17) is 32.9 Å².